The zero-order valence-electron chi connectivity index (χ0n) is 16.0. The number of rotatable bonds is 2. The molecule has 2 N–H and O–H groups in total. The summed E-state index contributed by atoms with van der Waals surface area (Å²) in [4.78, 5) is 25.7. The van der Waals surface area contributed by atoms with Crippen LogP contribution in [0.2, 0.25) is 0 Å². The standard InChI is InChI=1S/C20H22FN3O5/c1-10-9-28-19-16-12(18(25)15(8-24(10)16)29-20(26)27)5-13(21)17(19)23-6-11-3-2-4-22-14(11)7-23/h5,8,10-11,14,22H,2-4,6-7,9H2,1H3,(H,26,27). The molecule has 0 saturated carbocycles. The molecule has 0 bridgehead atoms. The van der Waals surface area contributed by atoms with Crippen LogP contribution in [0.4, 0.5) is 14.9 Å². The Morgan fingerprint density at radius 2 is 2.24 bits per heavy atom. The van der Waals surface area contributed by atoms with E-state index in [0.29, 0.717) is 35.5 Å². The van der Waals surface area contributed by atoms with Gasteiger partial charge >= 0.3 is 6.16 Å². The van der Waals surface area contributed by atoms with E-state index in [2.05, 4.69) is 10.1 Å². The van der Waals surface area contributed by atoms with Crippen molar-refractivity contribution in [3.63, 3.8) is 0 Å². The summed E-state index contributed by atoms with van der Waals surface area (Å²) in [6.07, 6.45) is 2.01. The second kappa shape index (κ2) is 6.62. The third-order valence-corrected chi connectivity index (χ3v) is 6.22. The lowest BCUT2D eigenvalue weighted by Gasteiger charge is -2.31. The van der Waals surface area contributed by atoms with Gasteiger partial charge in [0.1, 0.15) is 12.3 Å². The number of carboxylic acid groups (broad SMARTS) is 1. The van der Waals surface area contributed by atoms with Crippen LogP contribution in [0, 0.1) is 11.7 Å². The number of nitrogens with one attached hydrogen (secondary N) is 1. The fraction of sp³-hybridized carbons (Fsp3) is 0.500. The molecule has 0 amide bonds. The van der Waals surface area contributed by atoms with Gasteiger partial charge in [0.15, 0.2) is 17.3 Å². The molecule has 3 aliphatic rings. The summed E-state index contributed by atoms with van der Waals surface area (Å²) in [6, 6.07) is 1.34. The Kier molecular flexibility index (Phi) is 4.16. The highest BCUT2D eigenvalue weighted by atomic mass is 19.1. The fourth-order valence-electron chi connectivity index (χ4n) is 4.88. The number of aromatic nitrogens is 1. The van der Waals surface area contributed by atoms with Gasteiger partial charge < -0.3 is 29.4 Å². The Morgan fingerprint density at radius 3 is 3.00 bits per heavy atom. The normalized spacial score (nSPS) is 25.6. The van der Waals surface area contributed by atoms with E-state index in [1.165, 1.54) is 12.3 Å². The minimum absolute atomic E-state index is 0.0567. The first kappa shape index (κ1) is 18.2. The van der Waals surface area contributed by atoms with E-state index in [0.717, 1.165) is 25.9 Å². The molecule has 2 aromatic rings. The van der Waals surface area contributed by atoms with E-state index in [9.17, 15) is 9.59 Å². The van der Waals surface area contributed by atoms with E-state index in [1.807, 2.05) is 11.8 Å². The summed E-state index contributed by atoms with van der Waals surface area (Å²) in [7, 11) is 0. The van der Waals surface area contributed by atoms with Crippen LogP contribution in [0.5, 0.6) is 11.5 Å². The van der Waals surface area contributed by atoms with E-state index in [-0.39, 0.29) is 23.8 Å². The van der Waals surface area contributed by atoms with Gasteiger partial charge in [-0.15, -0.1) is 0 Å². The van der Waals surface area contributed by atoms with Crippen LogP contribution >= 0.6 is 0 Å². The molecule has 5 rings (SSSR count). The van der Waals surface area contributed by atoms with E-state index in [4.69, 9.17) is 9.84 Å². The molecule has 8 nitrogen and oxygen atoms in total. The van der Waals surface area contributed by atoms with Gasteiger partial charge in [-0.25, -0.2) is 9.18 Å². The molecule has 1 aromatic heterocycles. The van der Waals surface area contributed by atoms with Gasteiger partial charge in [-0.2, -0.15) is 0 Å². The van der Waals surface area contributed by atoms with Crippen molar-refractivity contribution >= 4 is 22.7 Å². The largest absolute Gasteiger partial charge is 0.511 e. The van der Waals surface area contributed by atoms with Crippen molar-refractivity contribution in [3.05, 3.63) is 28.3 Å². The quantitative estimate of drug-likeness (QED) is 0.744. The number of halogens is 1. The molecule has 0 aliphatic carbocycles. The topological polar surface area (TPSA) is 93.0 Å². The number of piperidine rings is 1. The van der Waals surface area contributed by atoms with Crippen molar-refractivity contribution in [3.8, 4) is 11.5 Å². The molecule has 154 valence electrons. The molecule has 29 heavy (non-hydrogen) atoms. The third kappa shape index (κ3) is 2.83. The summed E-state index contributed by atoms with van der Waals surface area (Å²) >= 11 is 0. The Hall–Kier alpha value is -2.81. The molecule has 3 atom stereocenters. The molecule has 0 radical (unpaired) electrons. The van der Waals surface area contributed by atoms with Gasteiger partial charge in [0.25, 0.3) is 0 Å². The zero-order valence-corrected chi connectivity index (χ0v) is 16.0. The lowest BCUT2D eigenvalue weighted by atomic mass is 9.94. The van der Waals surface area contributed by atoms with Crippen LogP contribution in [0.25, 0.3) is 10.9 Å². The molecule has 9 heteroatoms. The van der Waals surface area contributed by atoms with Crippen LogP contribution in [-0.4, -0.2) is 48.1 Å². The van der Waals surface area contributed by atoms with Gasteiger partial charge in [0.2, 0.25) is 5.43 Å². The third-order valence-electron chi connectivity index (χ3n) is 6.22. The molecule has 4 heterocycles. The monoisotopic (exact) mass is 403 g/mol. The second-order valence-electron chi connectivity index (χ2n) is 8.06. The van der Waals surface area contributed by atoms with Crippen molar-refractivity contribution < 1.29 is 23.8 Å². The highest BCUT2D eigenvalue weighted by molar-refractivity contribution is 5.93. The van der Waals surface area contributed by atoms with Gasteiger partial charge in [-0.05, 0) is 38.3 Å². The summed E-state index contributed by atoms with van der Waals surface area (Å²) in [6.45, 7) is 4.56. The summed E-state index contributed by atoms with van der Waals surface area (Å²) in [5.41, 5.74) is 0.186. The van der Waals surface area contributed by atoms with Crippen molar-refractivity contribution in [2.75, 3.05) is 31.1 Å². The number of hydrogen-bond donors (Lipinski definition) is 2. The van der Waals surface area contributed by atoms with Crippen LogP contribution in [0.3, 0.4) is 0 Å². The van der Waals surface area contributed by atoms with Crippen molar-refractivity contribution in [1.29, 1.82) is 0 Å². The fourth-order valence-corrected chi connectivity index (χ4v) is 4.88. The number of benzene rings is 1. The van der Waals surface area contributed by atoms with Crippen molar-refractivity contribution in [1.82, 2.24) is 9.88 Å². The van der Waals surface area contributed by atoms with Gasteiger partial charge in [-0.1, -0.05) is 0 Å². The molecule has 3 aliphatic heterocycles. The summed E-state index contributed by atoms with van der Waals surface area (Å²) in [5, 5.41) is 12.5. The first-order chi connectivity index (χ1) is 13.9. The predicted molar refractivity (Wildman–Crippen MR) is 104 cm³/mol. The van der Waals surface area contributed by atoms with Crippen molar-refractivity contribution in [2.24, 2.45) is 5.92 Å². The first-order valence-corrected chi connectivity index (χ1v) is 9.87. The molecule has 2 saturated heterocycles. The smallest absolute Gasteiger partial charge is 0.487 e. The minimum Gasteiger partial charge on any atom is -0.487 e. The average Bonchev–Trinajstić information content (AvgIpc) is 3.10. The molecular formula is C20H22FN3O5. The maximum absolute atomic E-state index is 15.3. The zero-order chi connectivity index (χ0) is 20.3. The molecule has 1 aromatic carbocycles. The number of anilines is 1. The van der Waals surface area contributed by atoms with Gasteiger partial charge in [0.05, 0.1) is 23.1 Å². The number of ether oxygens (including phenoxy) is 2. The Morgan fingerprint density at radius 1 is 1.41 bits per heavy atom. The first-order valence-electron chi connectivity index (χ1n) is 9.87. The van der Waals surface area contributed by atoms with Gasteiger partial charge in [-0.3, -0.25) is 4.79 Å². The maximum Gasteiger partial charge on any atom is 0.511 e. The Bertz CT molecular complexity index is 1050. The Labute approximate surface area is 165 Å². The second-order valence-corrected chi connectivity index (χ2v) is 8.06. The maximum atomic E-state index is 15.3. The van der Waals surface area contributed by atoms with E-state index in [1.54, 1.807) is 4.57 Å². The number of pyridine rings is 1. The number of hydrogen-bond acceptors (Lipinski definition) is 6. The number of nitrogens with zero attached hydrogens (tertiary/aromatic N) is 2. The number of carbonyl (C=O) groups is 1. The van der Waals surface area contributed by atoms with Gasteiger partial charge in [0, 0.05) is 19.1 Å². The predicted octanol–water partition coefficient (Wildman–Crippen LogP) is 2.34. The van der Waals surface area contributed by atoms with Crippen LogP contribution in [-0.2, 0) is 0 Å². The minimum atomic E-state index is -1.58. The van der Waals surface area contributed by atoms with Crippen LogP contribution in [0.1, 0.15) is 25.8 Å². The molecule has 2 fully saturated rings. The molecular weight excluding hydrogens is 381 g/mol. The summed E-state index contributed by atoms with van der Waals surface area (Å²) < 4.78 is 27.6. The van der Waals surface area contributed by atoms with E-state index >= 15 is 4.39 Å². The highest BCUT2D eigenvalue weighted by Crippen LogP contribution is 2.44. The number of fused-ring (bicyclic) bond motifs is 1. The van der Waals surface area contributed by atoms with Crippen LogP contribution in [0.15, 0.2) is 17.1 Å². The summed E-state index contributed by atoms with van der Waals surface area (Å²) in [5.74, 6) is -0.0807. The lowest BCUT2D eigenvalue weighted by Crippen LogP contribution is -2.40. The SMILES string of the molecule is CC1COc2c(N3CC4CCCNC4C3)c(F)cc3c(=O)c(OC(=O)O)cn1c23. The molecule has 0 spiro atoms. The van der Waals surface area contributed by atoms with E-state index < -0.39 is 17.4 Å². The average molecular weight is 403 g/mol. The van der Waals surface area contributed by atoms with Crippen LogP contribution < -0.4 is 25.1 Å². The molecule has 3 unspecified atom stereocenters. The Balaban J connectivity index is 1.69. The van der Waals surface area contributed by atoms with Crippen molar-refractivity contribution in [2.45, 2.75) is 31.8 Å². The highest BCUT2D eigenvalue weighted by Gasteiger charge is 2.38. The lowest BCUT2D eigenvalue weighted by molar-refractivity contribution is 0.143.